The minimum absolute atomic E-state index is 0.0600. The predicted molar refractivity (Wildman–Crippen MR) is 59.6 cm³/mol. The lowest BCUT2D eigenvalue weighted by Gasteiger charge is -2.11. The molecule has 1 atom stereocenters. The predicted octanol–water partition coefficient (Wildman–Crippen LogP) is -0.0835. The second-order valence-electron chi connectivity index (χ2n) is 4.09. The molecule has 4 heteroatoms. The van der Waals surface area contributed by atoms with Crippen molar-refractivity contribution in [3.8, 4) is 0 Å². The summed E-state index contributed by atoms with van der Waals surface area (Å²) < 4.78 is 1.77. The average Bonchev–Trinajstić information content (AvgIpc) is 2.74. The lowest BCUT2D eigenvalue weighted by atomic mass is 10.1. The van der Waals surface area contributed by atoms with Gasteiger partial charge in [-0.25, -0.2) is 0 Å². The quantitative estimate of drug-likeness (QED) is 0.728. The molecule has 1 aliphatic rings. The van der Waals surface area contributed by atoms with Crippen LogP contribution in [0.5, 0.6) is 0 Å². The van der Waals surface area contributed by atoms with E-state index in [0.29, 0.717) is 12.5 Å². The molecule has 0 spiro atoms. The van der Waals surface area contributed by atoms with Crippen LogP contribution in [0.25, 0.3) is 0 Å². The molecule has 0 saturated carbocycles. The van der Waals surface area contributed by atoms with Gasteiger partial charge >= 0.3 is 0 Å². The Morgan fingerprint density at radius 2 is 2.47 bits per heavy atom. The lowest BCUT2D eigenvalue weighted by molar-refractivity contribution is 0.471. The number of rotatable bonds is 3. The van der Waals surface area contributed by atoms with Gasteiger partial charge in [0.1, 0.15) is 0 Å². The zero-order chi connectivity index (χ0) is 10.7. The van der Waals surface area contributed by atoms with E-state index in [4.69, 9.17) is 5.73 Å². The lowest BCUT2D eigenvalue weighted by Crippen LogP contribution is -2.24. The molecule has 0 amide bonds. The molecule has 1 aromatic rings. The van der Waals surface area contributed by atoms with Crippen LogP contribution in [0.15, 0.2) is 23.1 Å². The summed E-state index contributed by atoms with van der Waals surface area (Å²) in [6.45, 7) is 3.34. The third-order valence-electron chi connectivity index (χ3n) is 2.91. The van der Waals surface area contributed by atoms with Crippen LogP contribution in [0.1, 0.15) is 12.0 Å². The van der Waals surface area contributed by atoms with Gasteiger partial charge in [-0.05, 0) is 37.1 Å². The van der Waals surface area contributed by atoms with Crippen molar-refractivity contribution in [1.82, 2.24) is 9.88 Å². The fourth-order valence-corrected chi connectivity index (χ4v) is 1.98. The molecule has 2 rings (SSSR count). The molecule has 0 aromatic carbocycles. The zero-order valence-corrected chi connectivity index (χ0v) is 8.78. The summed E-state index contributed by atoms with van der Waals surface area (Å²) in [5, 5.41) is 3.30. The second-order valence-corrected chi connectivity index (χ2v) is 4.09. The summed E-state index contributed by atoms with van der Waals surface area (Å²) in [6, 6.07) is 3.55. The molecule has 82 valence electrons. The van der Waals surface area contributed by atoms with Crippen molar-refractivity contribution in [3.05, 3.63) is 34.2 Å². The van der Waals surface area contributed by atoms with Gasteiger partial charge in [0.15, 0.2) is 0 Å². The van der Waals surface area contributed by atoms with E-state index in [1.165, 1.54) is 0 Å². The van der Waals surface area contributed by atoms with Crippen molar-refractivity contribution >= 4 is 0 Å². The summed E-state index contributed by atoms with van der Waals surface area (Å²) >= 11 is 0. The van der Waals surface area contributed by atoms with Crippen LogP contribution in [-0.2, 0) is 13.1 Å². The Balaban J connectivity index is 2.11. The first-order valence-corrected chi connectivity index (χ1v) is 5.40. The van der Waals surface area contributed by atoms with Crippen LogP contribution in [-0.4, -0.2) is 17.7 Å². The highest BCUT2D eigenvalue weighted by Crippen LogP contribution is 2.09. The van der Waals surface area contributed by atoms with E-state index in [0.717, 1.165) is 31.6 Å². The van der Waals surface area contributed by atoms with Crippen molar-refractivity contribution in [2.75, 3.05) is 13.1 Å². The Bertz CT molecular complexity index is 380. The highest BCUT2D eigenvalue weighted by molar-refractivity contribution is 5.10. The molecule has 15 heavy (non-hydrogen) atoms. The Labute approximate surface area is 89.1 Å². The number of aromatic nitrogens is 1. The summed E-state index contributed by atoms with van der Waals surface area (Å²) in [4.78, 5) is 11.7. The van der Waals surface area contributed by atoms with Gasteiger partial charge in [-0.3, -0.25) is 4.79 Å². The van der Waals surface area contributed by atoms with Gasteiger partial charge in [-0.2, -0.15) is 0 Å². The standard InChI is InChI=1S/C11H17N3O/c12-6-9-2-4-14(11(15)5-9)8-10-1-3-13-7-10/h2,4-5,10,13H,1,3,6-8,12H2. The van der Waals surface area contributed by atoms with Crippen molar-refractivity contribution in [3.63, 3.8) is 0 Å². The van der Waals surface area contributed by atoms with E-state index in [9.17, 15) is 4.79 Å². The number of pyridine rings is 1. The zero-order valence-electron chi connectivity index (χ0n) is 8.78. The largest absolute Gasteiger partial charge is 0.326 e. The van der Waals surface area contributed by atoms with Gasteiger partial charge in [-0.1, -0.05) is 0 Å². The van der Waals surface area contributed by atoms with Crippen LogP contribution in [0.4, 0.5) is 0 Å². The van der Waals surface area contributed by atoms with Gasteiger partial charge in [0.25, 0.3) is 5.56 Å². The van der Waals surface area contributed by atoms with E-state index in [1.54, 1.807) is 10.6 Å². The maximum atomic E-state index is 11.7. The number of hydrogen-bond donors (Lipinski definition) is 2. The van der Waals surface area contributed by atoms with Gasteiger partial charge in [0.2, 0.25) is 0 Å². The molecule has 1 fully saturated rings. The minimum Gasteiger partial charge on any atom is -0.326 e. The molecule has 1 aromatic heterocycles. The number of hydrogen-bond acceptors (Lipinski definition) is 3. The Kier molecular flexibility index (Phi) is 3.18. The van der Waals surface area contributed by atoms with Crippen LogP contribution >= 0.6 is 0 Å². The van der Waals surface area contributed by atoms with Crippen LogP contribution in [0, 0.1) is 5.92 Å². The van der Waals surface area contributed by atoms with Crippen molar-refractivity contribution in [2.45, 2.75) is 19.5 Å². The van der Waals surface area contributed by atoms with Crippen LogP contribution in [0.2, 0.25) is 0 Å². The van der Waals surface area contributed by atoms with Crippen molar-refractivity contribution in [2.24, 2.45) is 11.7 Å². The third kappa shape index (κ3) is 2.46. The first kappa shape index (κ1) is 10.4. The summed E-state index contributed by atoms with van der Waals surface area (Å²) in [5.41, 5.74) is 6.44. The summed E-state index contributed by atoms with van der Waals surface area (Å²) in [5.74, 6) is 0.589. The van der Waals surface area contributed by atoms with Gasteiger partial charge in [0, 0.05) is 25.4 Å². The minimum atomic E-state index is 0.0600. The van der Waals surface area contributed by atoms with Gasteiger partial charge in [0.05, 0.1) is 0 Å². The summed E-state index contributed by atoms with van der Waals surface area (Å²) in [7, 11) is 0. The first-order valence-electron chi connectivity index (χ1n) is 5.40. The molecular weight excluding hydrogens is 190 g/mol. The molecule has 1 unspecified atom stereocenters. The smallest absolute Gasteiger partial charge is 0.250 e. The van der Waals surface area contributed by atoms with Crippen molar-refractivity contribution < 1.29 is 0 Å². The molecule has 3 N–H and O–H groups in total. The van der Waals surface area contributed by atoms with E-state index in [2.05, 4.69) is 5.32 Å². The monoisotopic (exact) mass is 207 g/mol. The second kappa shape index (κ2) is 4.59. The van der Waals surface area contributed by atoms with Crippen molar-refractivity contribution in [1.29, 1.82) is 0 Å². The number of nitrogens with zero attached hydrogens (tertiary/aromatic N) is 1. The Morgan fingerprint density at radius 1 is 1.60 bits per heavy atom. The molecule has 0 aliphatic carbocycles. The van der Waals surface area contributed by atoms with E-state index in [-0.39, 0.29) is 5.56 Å². The van der Waals surface area contributed by atoms with Crippen LogP contribution in [0.3, 0.4) is 0 Å². The van der Waals surface area contributed by atoms with Gasteiger partial charge < -0.3 is 15.6 Å². The summed E-state index contributed by atoms with van der Waals surface area (Å²) in [6.07, 6.45) is 3.01. The fraction of sp³-hybridized carbons (Fsp3) is 0.545. The van der Waals surface area contributed by atoms with Crippen LogP contribution < -0.4 is 16.6 Å². The molecule has 2 heterocycles. The number of nitrogens with one attached hydrogen (secondary N) is 1. The highest BCUT2D eigenvalue weighted by Gasteiger charge is 2.14. The molecule has 1 saturated heterocycles. The normalized spacial score (nSPS) is 20.7. The Hall–Kier alpha value is -1.13. The average molecular weight is 207 g/mol. The van der Waals surface area contributed by atoms with Gasteiger partial charge in [-0.15, -0.1) is 0 Å². The highest BCUT2D eigenvalue weighted by atomic mass is 16.1. The maximum absolute atomic E-state index is 11.7. The SMILES string of the molecule is NCc1ccn(CC2CCNC2)c(=O)c1. The molecular formula is C11H17N3O. The first-order chi connectivity index (χ1) is 7.29. The molecule has 1 aliphatic heterocycles. The molecule has 0 radical (unpaired) electrons. The third-order valence-corrected chi connectivity index (χ3v) is 2.91. The van der Waals surface area contributed by atoms with E-state index >= 15 is 0 Å². The molecule has 4 nitrogen and oxygen atoms in total. The van der Waals surface area contributed by atoms with E-state index < -0.39 is 0 Å². The topological polar surface area (TPSA) is 60.0 Å². The van der Waals surface area contributed by atoms with E-state index in [1.807, 2.05) is 12.3 Å². The Morgan fingerprint density at radius 3 is 3.07 bits per heavy atom. The maximum Gasteiger partial charge on any atom is 0.250 e. The fourth-order valence-electron chi connectivity index (χ4n) is 1.98. The number of nitrogens with two attached hydrogens (primary N) is 1. The molecule has 0 bridgehead atoms.